The van der Waals surface area contributed by atoms with Crippen molar-refractivity contribution in [3.63, 3.8) is 0 Å². The minimum atomic E-state index is -5.08. The first-order valence-corrected chi connectivity index (χ1v) is 14.8. The van der Waals surface area contributed by atoms with Crippen molar-refractivity contribution in [3.8, 4) is 0 Å². The Morgan fingerprint density at radius 2 is 1.81 bits per heavy atom. The van der Waals surface area contributed by atoms with E-state index in [0.29, 0.717) is 41.9 Å². The number of alkyl halides is 6. The van der Waals surface area contributed by atoms with Crippen molar-refractivity contribution in [3.05, 3.63) is 50.4 Å². The van der Waals surface area contributed by atoms with Gasteiger partial charge in [-0.15, -0.1) is 0 Å². The lowest BCUT2D eigenvalue weighted by atomic mass is 9.83. The van der Waals surface area contributed by atoms with Crippen LogP contribution < -0.4 is 25.9 Å². The number of carboxylic acids is 1. The molecule has 1 saturated heterocycles. The van der Waals surface area contributed by atoms with Crippen LogP contribution in [0.3, 0.4) is 0 Å². The third kappa shape index (κ3) is 7.56. The average Bonchev–Trinajstić information content (AvgIpc) is 2.94. The summed E-state index contributed by atoms with van der Waals surface area (Å²) in [7, 11) is 3.64. The summed E-state index contributed by atoms with van der Waals surface area (Å²) in [6.45, 7) is 4.84. The van der Waals surface area contributed by atoms with Crippen LogP contribution in [0.2, 0.25) is 5.02 Å². The molecule has 1 aliphatic carbocycles. The van der Waals surface area contributed by atoms with Crippen LogP contribution in [0.25, 0.3) is 11.2 Å². The molecular formula is C29H32ClF6N7O4. The first kappa shape index (κ1) is 35.7. The number of anilines is 3. The predicted molar refractivity (Wildman–Crippen MR) is 163 cm³/mol. The number of piperazine rings is 1. The van der Waals surface area contributed by atoms with Crippen molar-refractivity contribution in [2.24, 2.45) is 0 Å². The summed E-state index contributed by atoms with van der Waals surface area (Å²) >= 11 is 6.09. The maximum atomic E-state index is 14.1. The Labute approximate surface area is 269 Å². The number of aryl methyl sites for hydroxylation is 1. The number of aromatic nitrogens is 3. The summed E-state index contributed by atoms with van der Waals surface area (Å²) in [5.41, 5.74) is 1.14. The van der Waals surface area contributed by atoms with Gasteiger partial charge in [0, 0.05) is 45.0 Å². The van der Waals surface area contributed by atoms with Crippen LogP contribution in [0.5, 0.6) is 0 Å². The van der Waals surface area contributed by atoms with Crippen molar-refractivity contribution in [2.45, 2.75) is 64.1 Å². The lowest BCUT2D eigenvalue weighted by Gasteiger charge is -2.50. The minimum Gasteiger partial charge on any atom is -0.475 e. The molecular weight excluding hydrogens is 660 g/mol. The van der Waals surface area contributed by atoms with Gasteiger partial charge in [-0.05, 0) is 44.4 Å². The van der Waals surface area contributed by atoms with E-state index in [2.05, 4.69) is 15.5 Å². The molecule has 2 aromatic heterocycles. The van der Waals surface area contributed by atoms with E-state index in [0.717, 1.165) is 37.6 Å². The minimum absolute atomic E-state index is 0.0554. The third-order valence-corrected chi connectivity index (χ3v) is 8.18. The van der Waals surface area contributed by atoms with Gasteiger partial charge in [-0.2, -0.15) is 26.3 Å². The van der Waals surface area contributed by atoms with Crippen LogP contribution in [0, 0.1) is 6.92 Å². The summed E-state index contributed by atoms with van der Waals surface area (Å²) < 4.78 is 72.7. The van der Waals surface area contributed by atoms with Gasteiger partial charge in [0.25, 0.3) is 0 Å². The van der Waals surface area contributed by atoms with Crippen molar-refractivity contribution < 1.29 is 41.0 Å². The third-order valence-electron chi connectivity index (χ3n) is 7.87. The molecule has 3 N–H and O–H groups in total. The molecule has 2 atom stereocenters. The number of nitrogens with zero attached hydrogens (tertiary/aromatic N) is 5. The average molecular weight is 692 g/mol. The molecule has 0 bridgehead atoms. The van der Waals surface area contributed by atoms with Gasteiger partial charge in [0.15, 0.2) is 17.0 Å². The van der Waals surface area contributed by atoms with Crippen LogP contribution in [0.1, 0.15) is 36.7 Å². The number of fused-ring (bicyclic) bond motifs is 2. The lowest BCUT2D eigenvalue weighted by molar-refractivity contribution is -0.192. The summed E-state index contributed by atoms with van der Waals surface area (Å²) in [5.74, 6) is -2.73. The zero-order valence-electron chi connectivity index (χ0n) is 25.7. The smallest absolute Gasteiger partial charge is 0.475 e. The van der Waals surface area contributed by atoms with E-state index >= 15 is 0 Å². The quantitative estimate of drug-likeness (QED) is 0.317. The zero-order valence-corrected chi connectivity index (χ0v) is 26.4. The van der Waals surface area contributed by atoms with E-state index in [-0.39, 0.29) is 39.9 Å². The number of carboxylic acid groups (broad SMARTS) is 1. The molecule has 1 amide bonds. The molecule has 18 heteroatoms. The van der Waals surface area contributed by atoms with Crippen molar-refractivity contribution in [1.82, 2.24) is 19.9 Å². The second-order valence-corrected chi connectivity index (χ2v) is 11.6. The van der Waals surface area contributed by atoms with Crippen LogP contribution >= 0.6 is 11.6 Å². The van der Waals surface area contributed by atoms with Gasteiger partial charge in [0.1, 0.15) is 12.2 Å². The fourth-order valence-corrected chi connectivity index (χ4v) is 5.85. The largest absolute Gasteiger partial charge is 0.490 e. The van der Waals surface area contributed by atoms with Gasteiger partial charge in [-0.1, -0.05) is 18.5 Å². The molecule has 1 aliphatic heterocycles. The van der Waals surface area contributed by atoms with E-state index in [9.17, 15) is 35.9 Å². The topological polar surface area (TPSA) is 133 Å². The van der Waals surface area contributed by atoms with E-state index in [1.54, 1.807) is 16.4 Å². The normalized spacial score (nSPS) is 17.7. The maximum absolute atomic E-state index is 14.1. The monoisotopic (exact) mass is 691 g/mol. The van der Waals surface area contributed by atoms with Crippen LogP contribution in [0.4, 0.5) is 43.5 Å². The van der Waals surface area contributed by atoms with Gasteiger partial charge in [0.05, 0.1) is 22.0 Å². The Bertz CT molecular complexity index is 1750. The predicted octanol–water partition coefficient (Wildman–Crippen LogP) is 4.61. The molecule has 3 heterocycles. The molecule has 3 aromatic rings. The van der Waals surface area contributed by atoms with Crippen molar-refractivity contribution in [1.29, 1.82) is 0 Å². The number of benzene rings is 1. The van der Waals surface area contributed by atoms with Crippen LogP contribution in [-0.4, -0.2) is 77.0 Å². The molecule has 0 unspecified atom stereocenters. The number of rotatable bonds is 6. The molecule has 5 rings (SSSR count). The first-order valence-electron chi connectivity index (χ1n) is 14.4. The van der Waals surface area contributed by atoms with Gasteiger partial charge in [0.2, 0.25) is 11.3 Å². The molecule has 256 valence electrons. The Balaban J connectivity index is 0.000000644. The Kier molecular flexibility index (Phi) is 10.3. The van der Waals surface area contributed by atoms with Crippen LogP contribution in [-0.2, 0) is 28.7 Å². The Hall–Kier alpha value is -4.12. The van der Waals surface area contributed by atoms with E-state index < -0.39 is 29.8 Å². The maximum Gasteiger partial charge on any atom is 0.490 e. The molecule has 2 aliphatic rings. The number of nitrogens with one attached hydrogen (secondary N) is 2. The number of amides is 1. The molecule has 0 radical (unpaired) electrons. The summed E-state index contributed by atoms with van der Waals surface area (Å²) in [5, 5.41) is 13.0. The van der Waals surface area contributed by atoms with E-state index in [1.165, 1.54) is 0 Å². The fourth-order valence-electron chi connectivity index (χ4n) is 5.62. The van der Waals surface area contributed by atoms with Crippen LogP contribution in [0.15, 0.2) is 23.0 Å². The number of carbonyl (C=O) groups excluding carboxylic acids is 1. The number of hydrogen-bond acceptors (Lipinski definition) is 8. The fraction of sp³-hybridized carbons (Fsp3) is 0.483. The van der Waals surface area contributed by atoms with Gasteiger partial charge in [-0.3, -0.25) is 9.59 Å². The van der Waals surface area contributed by atoms with E-state index in [4.69, 9.17) is 31.5 Å². The Morgan fingerprint density at radius 1 is 1.15 bits per heavy atom. The number of halogens is 7. The molecule has 1 aromatic carbocycles. The molecule has 2 fully saturated rings. The highest BCUT2D eigenvalue weighted by atomic mass is 35.5. The molecule has 47 heavy (non-hydrogen) atoms. The number of carbonyl (C=O) groups is 2. The first-order chi connectivity index (χ1) is 21.8. The standard InChI is InChI=1S/C27H31ClF3N7O2.C2HF3O2/c1-5-19-23(37-11-10-32-18-8-9-20(18)37)24(40)22-26(33-14(2)25(35-22)36(3)4)38(19)13-21(39)34-17-7-6-15(12-16(17)28)27(29,30)31;3-2(4,5)1(6)7/h6-7,12,18,20,32H,5,8-11,13H2,1-4H3,(H,34,39);(H,6,7)/t18-,20-;/m0./s1. The molecule has 1 saturated carbocycles. The summed E-state index contributed by atoms with van der Waals surface area (Å²) in [4.78, 5) is 49.6. The van der Waals surface area contributed by atoms with Crippen molar-refractivity contribution in [2.75, 3.05) is 42.3 Å². The number of pyridine rings is 1. The number of aliphatic carboxylic acids is 1. The highest BCUT2D eigenvalue weighted by Crippen LogP contribution is 2.35. The van der Waals surface area contributed by atoms with Gasteiger partial charge in [-0.25, -0.2) is 14.8 Å². The highest BCUT2D eigenvalue weighted by molar-refractivity contribution is 6.33. The lowest BCUT2D eigenvalue weighted by Crippen LogP contribution is -2.64. The second-order valence-electron chi connectivity index (χ2n) is 11.2. The van der Waals surface area contributed by atoms with Gasteiger partial charge < -0.3 is 30.1 Å². The Morgan fingerprint density at radius 3 is 2.32 bits per heavy atom. The zero-order chi connectivity index (χ0) is 35.0. The van der Waals surface area contributed by atoms with E-state index in [1.807, 2.05) is 21.0 Å². The highest BCUT2D eigenvalue weighted by Gasteiger charge is 2.41. The van der Waals surface area contributed by atoms with Gasteiger partial charge >= 0.3 is 18.3 Å². The number of hydrogen-bond donors (Lipinski definition) is 3. The summed E-state index contributed by atoms with van der Waals surface area (Å²) in [6.07, 6.45) is -7.21. The molecule has 11 nitrogen and oxygen atoms in total. The summed E-state index contributed by atoms with van der Waals surface area (Å²) in [6, 6.07) is 3.24. The molecule has 0 spiro atoms. The second kappa shape index (κ2) is 13.5. The SMILES string of the molecule is CCc1c(N2CCN[C@H]3CC[C@@H]32)c(=O)c2nc(N(C)C)c(C)nc2n1CC(=O)Nc1ccc(C(F)(F)F)cc1Cl.O=C(O)C(F)(F)F. The van der Waals surface area contributed by atoms with Crippen molar-refractivity contribution >= 4 is 51.8 Å².